The molecular weight excluding hydrogens is 410 g/mol. The summed E-state index contributed by atoms with van der Waals surface area (Å²) in [6, 6.07) is 28.3. The predicted octanol–water partition coefficient (Wildman–Crippen LogP) is 5.99. The number of rotatable bonds is 7. The highest BCUT2D eigenvalue weighted by atomic mass is 35.5. The van der Waals surface area contributed by atoms with Gasteiger partial charge in [0, 0.05) is 16.7 Å². The second kappa shape index (κ2) is 9.49. The summed E-state index contributed by atoms with van der Waals surface area (Å²) in [6.45, 7) is 1.92. The van der Waals surface area contributed by atoms with Gasteiger partial charge in [-0.15, -0.1) is 0 Å². The van der Waals surface area contributed by atoms with Gasteiger partial charge in [-0.1, -0.05) is 67.1 Å². The smallest absolute Gasteiger partial charge is 0.266 e. The lowest BCUT2D eigenvalue weighted by molar-refractivity contribution is -0.122. The van der Waals surface area contributed by atoms with Crippen LogP contribution in [0.1, 0.15) is 13.3 Å². The molecule has 1 atom stereocenters. The molecule has 1 heterocycles. The Morgan fingerprint density at radius 3 is 2.39 bits per heavy atom. The van der Waals surface area contributed by atoms with E-state index in [1.165, 1.54) is 0 Å². The van der Waals surface area contributed by atoms with Crippen molar-refractivity contribution in [3.63, 3.8) is 0 Å². The molecule has 1 N–H and O–H groups in total. The van der Waals surface area contributed by atoms with Gasteiger partial charge in [0.1, 0.15) is 11.6 Å². The third-order valence-electron chi connectivity index (χ3n) is 4.77. The zero-order valence-electron chi connectivity index (χ0n) is 17.0. The van der Waals surface area contributed by atoms with Gasteiger partial charge in [-0.2, -0.15) is 5.10 Å². The van der Waals surface area contributed by atoms with Crippen LogP contribution in [-0.2, 0) is 4.79 Å². The standard InChI is InChI=1S/C25H22ClN3O2/c1-2-23(31-21-14-7-4-8-15-21)25(30)27-24-17-22(18-10-9-11-19(26)16-18)28-29(24)20-12-5-3-6-13-20/h3-17,23H,2H2,1H3,(H,27,30)/t23-/m1/s1. The van der Waals surface area contributed by atoms with Crippen molar-refractivity contribution in [1.29, 1.82) is 0 Å². The highest BCUT2D eigenvalue weighted by Gasteiger charge is 2.21. The number of ether oxygens (including phenoxy) is 1. The number of nitrogens with zero attached hydrogens (tertiary/aromatic N) is 2. The van der Waals surface area contributed by atoms with E-state index < -0.39 is 6.10 Å². The SMILES string of the molecule is CC[C@@H](Oc1ccccc1)C(=O)Nc1cc(-c2cccc(Cl)c2)nn1-c1ccccc1. The van der Waals surface area contributed by atoms with Crippen molar-refractivity contribution in [2.24, 2.45) is 0 Å². The van der Waals surface area contributed by atoms with Crippen molar-refractivity contribution in [3.8, 4) is 22.7 Å². The van der Waals surface area contributed by atoms with E-state index in [-0.39, 0.29) is 5.91 Å². The summed E-state index contributed by atoms with van der Waals surface area (Å²) in [5, 5.41) is 8.33. The second-order valence-corrected chi connectivity index (χ2v) is 7.43. The molecule has 5 nitrogen and oxygen atoms in total. The van der Waals surface area contributed by atoms with Gasteiger partial charge in [-0.3, -0.25) is 4.79 Å². The normalized spacial score (nSPS) is 11.7. The summed E-state index contributed by atoms with van der Waals surface area (Å²) in [5.74, 6) is 0.975. The maximum atomic E-state index is 13.0. The van der Waals surface area contributed by atoms with Gasteiger partial charge in [0.05, 0.1) is 11.4 Å². The van der Waals surface area contributed by atoms with Crippen molar-refractivity contribution in [1.82, 2.24) is 9.78 Å². The zero-order chi connectivity index (χ0) is 21.6. The van der Waals surface area contributed by atoms with Crippen LogP contribution in [-0.4, -0.2) is 21.8 Å². The summed E-state index contributed by atoms with van der Waals surface area (Å²) in [5.41, 5.74) is 2.41. The Morgan fingerprint density at radius 2 is 1.71 bits per heavy atom. The predicted molar refractivity (Wildman–Crippen MR) is 124 cm³/mol. The fourth-order valence-electron chi connectivity index (χ4n) is 3.22. The van der Waals surface area contributed by atoms with E-state index in [4.69, 9.17) is 21.4 Å². The van der Waals surface area contributed by atoms with Gasteiger partial charge >= 0.3 is 0 Å². The molecule has 0 aliphatic heterocycles. The Labute approximate surface area is 186 Å². The molecule has 0 fully saturated rings. The number of para-hydroxylation sites is 2. The number of hydrogen-bond donors (Lipinski definition) is 1. The Morgan fingerprint density at radius 1 is 1.00 bits per heavy atom. The van der Waals surface area contributed by atoms with Crippen LogP contribution in [0.2, 0.25) is 5.02 Å². The summed E-state index contributed by atoms with van der Waals surface area (Å²) in [6.07, 6.45) is -0.0995. The van der Waals surface area contributed by atoms with Crippen LogP contribution in [0.15, 0.2) is 91.0 Å². The zero-order valence-corrected chi connectivity index (χ0v) is 17.8. The van der Waals surface area contributed by atoms with Crippen molar-refractivity contribution in [2.45, 2.75) is 19.4 Å². The molecule has 0 radical (unpaired) electrons. The van der Waals surface area contributed by atoms with Crippen LogP contribution >= 0.6 is 11.6 Å². The molecule has 0 unspecified atom stereocenters. The first kappa shape index (κ1) is 20.7. The lowest BCUT2D eigenvalue weighted by atomic mass is 10.1. The van der Waals surface area contributed by atoms with Gasteiger partial charge in [0.25, 0.3) is 5.91 Å². The minimum Gasteiger partial charge on any atom is -0.481 e. The summed E-state index contributed by atoms with van der Waals surface area (Å²) >= 11 is 6.16. The first-order chi connectivity index (χ1) is 15.1. The van der Waals surface area contributed by atoms with Crippen molar-refractivity contribution < 1.29 is 9.53 Å². The van der Waals surface area contributed by atoms with Crippen molar-refractivity contribution in [3.05, 3.63) is 96.0 Å². The number of hydrogen-bond acceptors (Lipinski definition) is 3. The van der Waals surface area contributed by atoms with Gasteiger partial charge in [-0.05, 0) is 42.8 Å². The minimum atomic E-state index is -0.629. The van der Waals surface area contributed by atoms with Gasteiger partial charge in [-0.25, -0.2) is 4.68 Å². The molecule has 1 aromatic heterocycles. The summed E-state index contributed by atoms with van der Waals surface area (Å²) < 4.78 is 7.60. The van der Waals surface area contributed by atoms with Crippen LogP contribution in [0, 0.1) is 0 Å². The number of halogens is 1. The Hall–Kier alpha value is -3.57. The van der Waals surface area contributed by atoms with E-state index in [1.807, 2.05) is 97.9 Å². The number of carbonyl (C=O) groups excluding carboxylic acids is 1. The molecule has 0 saturated carbocycles. The topological polar surface area (TPSA) is 56.1 Å². The molecule has 4 rings (SSSR count). The maximum Gasteiger partial charge on any atom is 0.266 e. The Balaban J connectivity index is 1.65. The van der Waals surface area contributed by atoms with Crippen molar-refractivity contribution >= 4 is 23.3 Å². The van der Waals surface area contributed by atoms with Gasteiger partial charge in [0.2, 0.25) is 0 Å². The molecule has 6 heteroatoms. The van der Waals surface area contributed by atoms with E-state index in [1.54, 1.807) is 4.68 Å². The number of carbonyl (C=O) groups is 1. The minimum absolute atomic E-state index is 0.235. The van der Waals surface area contributed by atoms with Crippen LogP contribution < -0.4 is 10.1 Å². The number of benzene rings is 3. The summed E-state index contributed by atoms with van der Waals surface area (Å²) in [4.78, 5) is 13.0. The molecule has 3 aromatic carbocycles. The van der Waals surface area contributed by atoms with Gasteiger partial charge < -0.3 is 10.1 Å². The molecule has 0 saturated heterocycles. The van der Waals surface area contributed by atoms with Crippen LogP contribution in [0.25, 0.3) is 16.9 Å². The average Bonchev–Trinajstić information content (AvgIpc) is 3.22. The largest absolute Gasteiger partial charge is 0.481 e. The maximum absolute atomic E-state index is 13.0. The average molecular weight is 432 g/mol. The first-order valence-corrected chi connectivity index (χ1v) is 10.5. The van der Waals surface area contributed by atoms with E-state index in [2.05, 4.69) is 5.32 Å². The fourth-order valence-corrected chi connectivity index (χ4v) is 3.41. The lowest BCUT2D eigenvalue weighted by Gasteiger charge is -2.17. The Bertz CT molecular complexity index is 1160. The number of anilines is 1. The summed E-state index contributed by atoms with van der Waals surface area (Å²) in [7, 11) is 0. The number of amides is 1. The number of nitrogens with one attached hydrogen (secondary N) is 1. The molecule has 31 heavy (non-hydrogen) atoms. The molecule has 4 aromatic rings. The fraction of sp³-hybridized carbons (Fsp3) is 0.120. The lowest BCUT2D eigenvalue weighted by Crippen LogP contribution is -2.33. The quantitative estimate of drug-likeness (QED) is 0.391. The number of aromatic nitrogens is 2. The van der Waals surface area contributed by atoms with Gasteiger partial charge in [0.15, 0.2) is 6.10 Å². The van der Waals surface area contributed by atoms with Crippen LogP contribution in [0.5, 0.6) is 5.75 Å². The van der Waals surface area contributed by atoms with Crippen LogP contribution in [0.4, 0.5) is 5.82 Å². The monoisotopic (exact) mass is 431 g/mol. The molecule has 0 aliphatic carbocycles. The van der Waals surface area contributed by atoms with Crippen molar-refractivity contribution in [2.75, 3.05) is 5.32 Å². The molecular formula is C25H22ClN3O2. The second-order valence-electron chi connectivity index (χ2n) is 6.99. The van der Waals surface area contributed by atoms with E-state index in [0.717, 1.165) is 11.3 Å². The molecule has 0 aliphatic rings. The molecule has 0 spiro atoms. The first-order valence-electron chi connectivity index (χ1n) is 10.1. The van der Waals surface area contributed by atoms with E-state index in [0.29, 0.717) is 28.7 Å². The highest BCUT2D eigenvalue weighted by Crippen LogP contribution is 2.27. The van der Waals surface area contributed by atoms with E-state index in [9.17, 15) is 4.79 Å². The van der Waals surface area contributed by atoms with E-state index >= 15 is 0 Å². The molecule has 1 amide bonds. The third kappa shape index (κ3) is 4.95. The molecule has 156 valence electrons. The molecule has 0 bridgehead atoms. The highest BCUT2D eigenvalue weighted by molar-refractivity contribution is 6.30. The third-order valence-corrected chi connectivity index (χ3v) is 5.00. The Kier molecular flexibility index (Phi) is 6.34. The van der Waals surface area contributed by atoms with Crippen LogP contribution in [0.3, 0.4) is 0 Å².